The Hall–Kier alpha value is -3.85. The predicted octanol–water partition coefficient (Wildman–Crippen LogP) is 5.42. The zero-order valence-electron chi connectivity index (χ0n) is 14.5. The van der Waals surface area contributed by atoms with Gasteiger partial charge in [-0.05, 0) is 42.1 Å². The lowest BCUT2D eigenvalue weighted by Crippen LogP contribution is -1.97. The van der Waals surface area contributed by atoms with E-state index in [4.69, 9.17) is 4.74 Å². The number of pyridine rings is 1. The van der Waals surface area contributed by atoms with Crippen molar-refractivity contribution in [3.8, 4) is 17.6 Å². The first-order valence-corrected chi connectivity index (χ1v) is 8.31. The molecule has 6 heteroatoms. The maximum atomic E-state index is 13.7. The number of halogens is 1. The first-order valence-electron chi connectivity index (χ1n) is 8.31. The Labute approximate surface area is 155 Å². The lowest BCUT2D eigenvalue weighted by Gasteiger charge is -2.10. The SMILES string of the molecule is Cc1ccc(Oc2cc(C#N)nc(Nc3ccc4cc[nH]c4c3)c2)cc1F. The Balaban J connectivity index is 1.63. The van der Waals surface area contributed by atoms with E-state index >= 15 is 0 Å². The van der Waals surface area contributed by atoms with E-state index in [1.54, 1.807) is 25.1 Å². The van der Waals surface area contributed by atoms with E-state index in [2.05, 4.69) is 15.3 Å². The molecule has 2 aromatic carbocycles. The number of aromatic nitrogens is 2. The molecule has 0 aliphatic carbocycles. The normalized spacial score (nSPS) is 10.6. The molecule has 0 bridgehead atoms. The lowest BCUT2D eigenvalue weighted by molar-refractivity contribution is 0.475. The van der Waals surface area contributed by atoms with E-state index in [1.807, 2.05) is 36.5 Å². The van der Waals surface area contributed by atoms with Gasteiger partial charge in [0.2, 0.25) is 0 Å². The number of aryl methyl sites for hydroxylation is 1. The fraction of sp³-hybridized carbons (Fsp3) is 0.0476. The molecule has 27 heavy (non-hydrogen) atoms. The summed E-state index contributed by atoms with van der Waals surface area (Å²) in [6.45, 7) is 1.68. The van der Waals surface area contributed by atoms with Crippen LogP contribution in [0.2, 0.25) is 0 Å². The summed E-state index contributed by atoms with van der Waals surface area (Å²) in [5.74, 6) is 0.863. The van der Waals surface area contributed by atoms with Gasteiger partial charge in [0, 0.05) is 35.6 Å². The van der Waals surface area contributed by atoms with Crippen LogP contribution < -0.4 is 10.1 Å². The Morgan fingerprint density at radius 2 is 1.96 bits per heavy atom. The van der Waals surface area contributed by atoms with Gasteiger partial charge >= 0.3 is 0 Å². The molecule has 0 radical (unpaired) electrons. The van der Waals surface area contributed by atoms with Gasteiger partial charge in [-0.25, -0.2) is 9.37 Å². The second-order valence-corrected chi connectivity index (χ2v) is 6.10. The minimum Gasteiger partial charge on any atom is -0.457 e. The Morgan fingerprint density at radius 1 is 1.07 bits per heavy atom. The average Bonchev–Trinajstić information content (AvgIpc) is 3.12. The van der Waals surface area contributed by atoms with E-state index in [9.17, 15) is 9.65 Å². The van der Waals surface area contributed by atoms with Crippen molar-refractivity contribution in [2.45, 2.75) is 6.92 Å². The minimum atomic E-state index is -0.348. The zero-order chi connectivity index (χ0) is 18.8. The lowest BCUT2D eigenvalue weighted by atomic mass is 10.2. The van der Waals surface area contributed by atoms with Crippen molar-refractivity contribution in [3.05, 3.63) is 77.9 Å². The van der Waals surface area contributed by atoms with Gasteiger partial charge < -0.3 is 15.0 Å². The molecule has 4 aromatic rings. The molecule has 0 fully saturated rings. The van der Waals surface area contributed by atoms with Crippen LogP contribution in [0.25, 0.3) is 10.9 Å². The number of hydrogen-bond donors (Lipinski definition) is 2. The number of rotatable bonds is 4. The summed E-state index contributed by atoms with van der Waals surface area (Å²) in [6, 6.07) is 17.7. The molecule has 0 saturated carbocycles. The molecule has 5 nitrogen and oxygen atoms in total. The number of nitrogens with one attached hydrogen (secondary N) is 2. The van der Waals surface area contributed by atoms with Crippen molar-refractivity contribution >= 4 is 22.4 Å². The summed E-state index contributed by atoms with van der Waals surface area (Å²) in [6.07, 6.45) is 1.87. The number of nitriles is 1. The first-order chi connectivity index (χ1) is 13.1. The van der Waals surface area contributed by atoms with Gasteiger partial charge in [-0.1, -0.05) is 12.1 Å². The van der Waals surface area contributed by atoms with Crippen LogP contribution >= 0.6 is 0 Å². The molecular formula is C21H15FN4O. The Kier molecular flexibility index (Phi) is 4.19. The van der Waals surface area contributed by atoms with Crippen molar-refractivity contribution in [1.29, 1.82) is 5.26 Å². The van der Waals surface area contributed by atoms with E-state index in [-0.39, 0.29) is 11.5 Å². The van der Waals surface area contributed by atoms with Crippen LogP contribution in [-0.4, -0.2) is 9.97 Å². The highest BCUT2D eigenvalue weighted by Crippen LogP contribution is 2.28. The predicted molar refractivity (Wildman–Crippen MR) is 102 cm³/mol. The summed E-state index contributed by atoms with van der Waals surface area (Å²) in [7, 11) is 0. The van der Waals surface area contributed by atoms with E-state index in [1.165, 1.54) is 12.1 Å². The summed E-state index contributed by atoms with van der Waals surface area (Å²) >= 11 is 0. The van der Waals surface area contributed by atoms with Gasteiger partial charge in [0.1, 0.15) is 34.9 Å². The molecule has 2 heterocycles. The second-order valence-electron chi connectivity index (χ2n) is 6.10. The molecule has 0 saturated heterocycles. The third-order valence-corrected chi connectivity index (χ3v) is 4.12. The van der Waals surface area contributed by atoms with Crippen LogP contribution in [0.1, 0.15) is 11.3 Å². The Bertz CT molecular complexity index is 1180. The van der Waals surface area contributed by atoms with Crippen LogP contribution in [0.5, 0.6) is 11.5 Å². The van der Waals surface area contributed by atoms with Crippen LogP contribution in [0, 0.1) is 24.1 Å². The van der Waals surface area contributed by atoms with Crippen LogP contribution in [0.3, 0.4) is 0 Å². The van der Waals surface area contributed by atoms with Crippen molar-refractivity contribution in [2.24, 2.45) is 0 Å². The van der Waals surface area contributed by atoms with Crippen molar-refractivity contribution in [1.82, 2.24) is 9.97 Å². The highest BCUT2D eigenvalue weighted by atomic mass is 19.1. The molecule has 2 aromatic heterocycles. The summed E-state index contributed by atoms with van der Waals surface area (Å²) in [4.78, 5) is 7.40. The van der Waals surface area contributed by atoms with Gasteiger partial charge in [-0.3, -0.25) is 0 Å². The molecule has 0 unspecified atom stereocenters. The molecule has 0 aliphatic rings. The van der Waals surface area contributed by atoms with Crippen molar-refractivity contribution in [3.63, 3.8) is 0 Å². The molecule has 0 amide bonds. The summed E-state index contributed by atoms with van der Waals surface area (Å²) in [5.41, 5.74) is 2.54. The van der Waals surface area contributed by atoms with E-state index in [0.717, 1.165) is 16.6 Å². The highest BCUT2D eigenvalue weighted by molar-refractivity contribution is 5.83. The number of hydrogen-bond acceptors (Lipinski definition) is 4. The number of benzene rings is 2. The molecule has 132 valence electrons. The topological polar surface area (TPSA) is 73.7 Å². The van der Waals surface area contributed by atoms with Crippen molar-refractivity contribution in [2.75, 3.05) is 5.32 Å². The molecule has 0 spiro atoms. The van der Waals surface area contributed by atoms with E-state index < -0.39 is 0 Å². The summed E-state index contributed by atoms with van der Waals surface area (Å²) in [5, 5.41) is 13.5. The standard InChI is InChI=1S/C21H15FN4O/c1-13-2-5-17(10-19(13)22)27-18-8-16(12-23)26-21(11-18)25-15-4-3-14-6-7-24-20(14)9-15/h2-11,24H,1H3,(H,25,26). The zero-order valence-corrected chi connectivity index (χ0v) is 14.5. The fourth-order valence-corrected chi connectivity index (χ4v) is 2.73. The van der Waals surface area contributed by atoms with Crippen LogP contribution in [0.15, 0.2) is 60.8 Å². The number of H-pyrrole nitrogens is 1. The number of ether oxygens (including phenoxy) is 1. The second kappa shape index (κ2) is 6.81. The summed E-state index contributed by atoms with van der Waals surface area (Å²) < 4.78 is 19.5. The highest BCUT2D eigenvalue weighted by Gasteiger charge is 2.08. The molecule has 2 N–H and O–H groups in total. The number of nitrogens with zero attached hydrogens (tertiary/aromatic N) is 2. The van der Waals surface area contributed by atoms with Gasteiger partial charge in [0.05, 0.1) is 0 Å². The molecule has 4 rings (SSSR count). The maximum Gasteiger partial charge on any atom is 0.146 e. The number of anilines is 2. The Morgan fingerprint density at radius 3 is 2.78 bits per heavy atom. The van der Waals surface area contributed by atoms with E-state index in [0.29, 0.717) is 22.9 Å². The van der Waals surface area contributed by atoms with Crippen molar-refractivity contribution < 1.29 is 9.13 Å². The third kappa shape index (κ3) is 3.58. The smallest absolute Gasteiger partial charge is 0.146 e. The van der Waals surface area contributed by atoms with Crippen LogP contribution in [-0.2, 0) is 0 Å². The average molecular weight is 358 g/mol. The van der Waals surface area contributed by atoms with Gasteiger partial charge in [0.15, 0.2) is 0 Å². The number of fused-ring (bicyclic) bond motifs is 1. The van der Waals surface area contributed by atoms with Gasteiger partial charge in [0.25, 0.3) is 0 Å². The minimum absolute atomic E-state index is 0.198. The maximum absolute atomic E-state index is 13.7. The molecule has 0 aliphatic heterocycles. The fourth-order valence-electron chi connectivity index (χ4n) is 2.73. The third-order valence-electron chi connectivity index (χ3n) is 4.12. The molecule has 0 atom stereocenters. The first kappa shape index (κ1) is 16.6. The van der Waals surface area contributed by atoms with Gasteiger partial charge in [-0.2, -0.15) is 5.26 Å². The largest absolute Gasteiger partial charge is 0.457 e. The quantitative estimate of drug-likeness (QED) is 0.511. The number of aromatic amines is 1. The van der Waals surface area contributed by atoms with Crippen LogP contribution in [0.4, 0.5) is 15.9 Å². The van der Waals surface area contributed by atoms with Gasteiger partial charge in [-0.15, -0.1) is 0 Å². The molecular weight excluding hydrogens is 343 g/mol. The monoisotopic (exact) mass is 358 g/mol.